The molecule has 2 fully saturated rings. The van der Waals surface area contributed by atoms with Gasteiger partial charge in [0, 0.05) is 37.8 Å². The normalized spacial score (nSPS) is 30.6. The molecule has 1 aromatic rings. The third kappa shape index (κ3) is 3.31. The van der Waals surface area contributed by atoms with Gasteiger partial charge >= 0.3 is 0 Å². The number of nitrogens with zero attached hydrogens (tertiary/aromatic N) is 2. The predicted molar refractivity (Wildman–Crippen MR) is 86.1 cm³/mol. The molecule has 0 unspecified atom stereocenters. The molecule has 21 heavy (non-hydrogen) atoms. The zero-order valence-electron chi connectivity index (χ0n) is 13.3. The molecule has 0 amide bonds. The summed E-state index contributed by atoms with van der Waals surface area (Å²) in [5.74, 6) is 0. The van der Waals surface area contributed by atoms with Crippen molar-refractivity contribution >= 4 is 0 Å². The van der Waals surface area contributed by atoms with E-state index in [1.165, 1.54) is 12.0 Å². The van der Waals surface area contributed by atoms with E-state index in [1.807, 2.05) is 0 Å². The van der Waals surface area contributed by atoms with Crippen molar-refractivity contribution in [3.05, 3.63) is 35.9 Å². The number of hydrogen-bond donors (Lipinski definition) is 1. The number of piperazine rings is 1. The zero-order valence-corrected chi connectivity index (χ0v) is 13.3. The highest BCUT2D eigenvalue weighted by atomic mass is 16.3. The molecule has 3 heteroatoms. The van der Waals surface area contributed by atoms with Crippen molar-refractivity contribution < 1.29 is 5.11 Å². The Morgan fingerprint density at radius 1 is 1.14 bits per heavy atom. The Bertz CT molecular complexity index is 460. The summed E-state index contributed by atoms with van der Waals surface area (Å²) in [5.41, 5.74) is 1.55. The van der Waals surface area contributed by atoms with Crippen LogP contribution in [0, 0.1) is 0 Å². The summed E-state index contributed by atoms with van der Waals surface area (Å²) in [4.78, 5) is 5.11. The van der Waals surface area contributed by atoms with Crippen LogP contribution in [0.3, 0.4) is 0 Å². The van der Waals surface area contributed by atoms with E-state index in [-0.39, 0.29) is 11.6 Å². The Morgan fingerprint density at radius 3 is 2.52 bits per heavy atom. The molecule has 0 bridgehead atoms. The molecule has 1 heterocycles. The molecule has 1 aromatic carbocycles. The second-order valence-electron chi connectivity index (χ2n) is 7.26. The molecule has 1 N–H and O–H groups in total. The van der Waals surface area contributed by atoms with Crippen molar-refractivity contribution in [2.75, 3.05) is 19.6 Å². The first-order valence-corrected chi connectivity index (χ1v) is 8.27. The molecule has 3 nitrogen and oxygen atoms in total. The van der Waals surface area contributed by atoms with E-state index in [9.17, 15) is 5.11 Å². The van der Waals surface area contributed by atoms with Gasteiger partial charge in [0.05, 0.1) is 6.10 Å². The fourth-order valence-electron chi connectivity index (χ4n) is 3.95. The predicted octanol–water partition coefficient (Wildman–Crippen LogP) is 2.50. The van der Waals surface area contributed by atoms with Gasteiger partial charge in [0.25, 0.3) is 0 Å². The van der Waals surface area contributed by atoms with E-state index in [2.05, 4.69) is 54.0 Å². The molecule has 0 radical (unpaired) electrons. The first kappa shape index (κ1) is 15.0. The van der Waals surface area contributed by atoms with Crippen LogP contribution < -0.4 is 0 Å². The lowest BCUT2D eigenvalue weighted by Crippen LogP contribution is -2.61. The molecule has 1 aliphatic heterocycles. The molecule has 2 aliphatic rings. The van der Waals surface area contributed by atoms with Crippen LogP contribution in [0.15, 0.2) is 30.3 Å². The Hall–Kier alpha value is -0.900. The van der Waals surface area contributed by atoms with E-state index in [0.29, 0.717) is 6.04 Å². The first-order valence-electron chi connectivity index (χ1n) is 8.27. The molecular formula is C18H28N2O. The molecule has 1 aliphatic carbocycles. The average molecular weight is 288 g/mol. The van der Waals surface area contributed by atoms with Gasteiger partial charge in [-0.05, 0) is 38.7 Å². The Morgan fingerprint density at radius 2 is 1.90 bits per heavy atom. The van der Waals surface area contributed by atoms with Crippen molar-refractivity contribution in [3.8, 4) is 0 Å². The number of hydrogen-bond acceptors (Lipinski definition) is 3. The quantitative estimate of drug-likeness (QED) is 0.926. The highest BCUT2D eigenvalue weighted by molar-refractivity contribution is 5.15. The smallest absolute Gasteiger partial charge is 0.0695 e. The van der Waals surface area contributed by atoms with E-state index in [4.69, 9.17) is 0 Å². The highest BCUT2D eigenvalue weighted by Gasteiger charge is 2.39. The van der Waals surface area contributed by atoms with Crippen molar-refractivity contribution in [1.82, 2.24) is 9.80 Å². The van der Waals surface area contributed by atoms with Gasteiger partial charge in [0.1, 0.15) is 0 Å². The van der Waals surface area contributed by atoms with Gasteiger partial charge in [-0.15, -0.1) is 0 Å². The van der Waals surface area contributed by atoms with Gasteiger partial charge in [-0.3, -0.25) is 9.80 Å². The third-order valence-electron chi connectivity index (χ3n) is 5.23. The maximum Gasteiger partial charge on any atom is 0.0695 e. The van der Waals surface area contributed by atoms with E-state index in [0.717, 1.165) is 39.0 Å². The summed E-state index contributed by atoms with van der Waals surface area (Å²) in [6.07, 6.45) is 3.21. The average Bonchev–Trinajstić information content (AvgIpc) is 2.88. The first-order chi connectivity index (χ1) is 10.1. The van der Waals surface area contributed by atoms with Crippen LogP contribution in [0.2, 0.25) is 0 Å². The molecule has 2 atom stereocenters. The molecule has 3 rings (SSSR count). The molecular weight excluding hydrogens is 260 g/mol. The minimum absolute atomic E-state index is 0.110. The van der Waals surface area contributed by atoms with Crippen molar-refractivity contribution in [1.29, 1.82) is 0 Å². The van der Waals surface area contributed by atoms with Gasteiger partial charge in [0.15, 0.2) is 0 Å². The van der Waals surface area contributed by atoms with E-state index >= 15 is 0 Å². The van der Waals surface area contributed by atoms with Crippen LogP contribution in [-0.4, -0.2) is 52.2 Å². The molecule has 0 aromatic heterocycles. The fourth-order valence-corrected chi connectivity index (χ4v) is 3.95. The summed E-state index contributed by atoms with van der Waals surface area (Å²) < 4.78 is 0. The van der Waals surface area contributed by atoms with Crippen LogP contribution in [0.25, 0.3) is 0 Å². The maximum absolute atomic E-state index is 10.2. The van der Waals surface area contributed by atoms with Crippen molar-refractivity contribution in [2.24, 2.45) is 0 Å². The number of aliphatic hydroxyl groups excluding tert-OH is 1. The van der Waals surface area contributed by atoms with Gasteiger partial charge < -0.3 is 5.11 Å². The molecule has 1 saturated heterocycles. The van der Waals surface area contributed by atoms with Gasteiger partial charge in [-0.2, -0.15) is 0 Å². The fraction of sp³-hybridized carbons (Fsp3) is 0.667. The molecule has 1 saturated carbocycles. The summed E-state index contributed by atoms with van der Waals surface area (Å²) in [5, 5.41) is 10.2. The summed E-state index contributed by atoms with van der Waals surface area (Å²) >= 11 is 0. The summed E-state index contributed by atoms with van der Waals surface area (Å²) in [6, 6.07) is 11.1. The Labute approximate surface area is 128 Å². The molecule has 0 spiro atoms. The van der Waals surface area contributed by atoms with E-state index in [1.54, 1.807) is 0 Å². The zero-order chi connectivity index (χ0) is 14.9. The van der Waals surface area contributed by atoms with Crippen LogP contribution in [0.1, 0.15) is 38.7 Å². The highest BCUT2D eigenvalue weighted by Crippen LogP contribution is 2.30. The lowest BCUT2D eigenvalue weighted by molar-refractivity contribution is -0.0285. The third-order valence-corrected chi connectivity index (χ3v) is 5.23. The van der Waals surface area contributed by atoms with E-state index < -0.39 is 0 Å². The summed E-state index contributed by atoms with van der Waals surface area (Å²) in [7, 11) is 0. The second kappa shape index (κ2) is 6.07. The van der Waals surface area contributed by atoms with Crippen LogP contribution >= 0.6 is 0 Å². The SMILES string of the molecule is CC1(C)CN([C@@H]2CCC[C@H]2O)CCN1Cc1ccccc1. The minimum Gasteiger partial charge on any atom is -0.391 e. The van der Waals surface area contributed by atoms with Crippen LogP contribution in [-0.2, 0) is 6.54 Å². The minimum atomic E-state index is -0.110. The maximum atomic E-state index is 10.2. The monoisotopic (exact) mass is 288 g/mol. The van der Waals surface area contributed by atoms with Crippen LogP contribution in [0.4, 0.5) is 0 Å². The van der Waals surface area contributed by atoms with Gasteiger partial charge in [0.2, 0.25) is 0 Å². The number of aliphatic hydroxyl groups is 1. The topological polar surface area (TPSA) is 26.7 Å². The van der Waals surface area contributed by atoms with Gasteiger partial charge in [-0.25, -0.2) is 0 Å². The Kier molecular flexibility index (Phi) is 4.34. The number of benzene rings is 1. The number of rotatable bonds is 3. The van der Waals surface area contributed by atoms with Gasteiger partial charge in [-0.1, -0.05) is 30.3 Å². The van der Waals surface area contributed by atoms with Crippen molar-refractivity contribution in [3.63, 3.8) is 0 Å². The molecule has 116 valence electrons. The second-order valence-corrected chi connectivity index (χ2v) is 7.26. The largest absolute Gasteiger partial charge is 0.391 e. The van der Waals surface area contributed by atoms with Crippen LogP contribution in [0.5, 0.6) is 0 Å². The Balaban J connectivity index is 1.65. The standard InChI is InChI=1S/C18H28N2O/c1-18(2)14-19(16-9-6-10-17(16)21)11-12-20(18)13-15-7-4-3-5-8-15/h3-5,7-8,16-17,21H,6,9-14H2,1-2H3/t16-,17-/m1/s1. The van der Waals surface area contributed by atoms with Crippen molar-refractivity contribution in [2.45, 2.75) is 57.3 Å². The summed E-state index contributed by atoms with van der Waals surface area (Å²) in [6.45, 7) is 8.92. The lowest BCUT2D eigenvalue weighted by Gasteiger charge is -2.49. The lowest BCUT2D eigenvalue weighted by atomic mass is 9.96.